The molecule has 98 valence electrons. The Hall–Kier alpha value is -2.39. The number of aromatic nitrogens is 4. The van der Waals surface area contributed by atoms with Gasteiger partial charge in [-0.05, 0) is 0 Å². The van der Waals surface area contributed by atoms with Crippen LogP contribution in [-0.2, 0) is 14.3 Å². The third-order valence-corrected chi connectivity index (χ3v) is 2.91. The van der Waals surface area contributed by atoms with Gasteiger partial charge in [0.25, 0.3) is 0 Å². The predicted octanol–water partition coefficient (Wildman–Crippen LogP) is -1.57. The van der Waals surface area contributed by atoms with E-state index in [0.29, 0.717) is 17.5 Å². The van der Waals surface area contributed by atoms with Gasteiger partial charge >= 0.3 is 0 Å². The number of fused-ring (bicyclic) bond motifs is 1. The predicted molar refractivity (Wildman–Crippen MR) is 60.7 cm³/mol. The van der Waals surface area contributed by atoms with Gasteiger partial charge in [0.15, 0.2) is 36.2 Å². The largest absolute Gasteiger partial charge is 0.382 e. The zero-order chi connectivity index (χ0) is 13.6. The van der Waals surface area contributed by atoms with Crippen LogP contribution >= 0.6 is 0 Å². The maximum Gasteiger partial charge on any atom is 0.201 e. The van der Waals surface area contributed by atoms with Crippen LogP contribution < -0.4 is 5.73 Å². The minimum Gasteiger partial charge on any atom is -0.382 e. The van der Waals surface area contributed by atoms with E-state index in [-0.39, 0.29) is 5.82 Å². The maximum absolute atomic E-state index is 11.5. The number of anilines is 1. The summed E-state index contributed by atoms with van der Waals surface area (Å²) in [6.45, 7) is 0. The van der Waals surface area contributed by atoms with Crippen molar-refractivity contribution in [1.82, 2.24) is 19.5 Å². The fraction of sp³-hybridized carbons (Fsp3) is 0.300. The molecule has 0 amide bonds. The molecule has 2 aromatic rings. The first kappa shape index (κ1) is 11.7. The molecule has 0 radical (unpaired) electrons. The minimum absolute atomic E-state index is 0.175. The summed E-state index contributed by atoms with van der Waals surface area (Å²) in [5.74, 6) is -0.515. The lowest BCUT2D eigenvalue weighted by molar-refractivity contribution is -0.131. The van der Waals surface area contributed by atoms with Crippen molar-refractivity contribution in [2.75, 3.05) is 5.73 Å². The number of ketones is 1. The molecule has 3 rings (SSSR count). The number of nitrogens with zero attached hydrogens (tertiary/aromatic N) is 4. The molecule has 1 aliphatic rings. The summed E-state index contributed by atoms with van der Waals surface area (Å²) in [7, 11) is 0. The van der Waals surface area contributed by atoms with Crippen molar-refractivity contribution in [3.63, 3.8) is 0 Å². The molecule has 0 bridgehead atoms. The molecular weight excluding hydrogens is 254 g/mol. The van der Waals surface area contributed by atoms with Crippen molar-refractivity contribution in [2.24, 2.45) is 0 Å². The van der Waals surface area contributed by atoms with Crippen molar-refractivity contribution in [3.05, 3.63) is 12.7 Å². The number of hydrogen-bond donors (Lipinski definition) is 2. The summed E-state index contributed by atoms with van der Waals surface area (Å²) in [4.78, 5) is 34.0. The molecule has 3 N–H and O–H groups in total. The van der Waals surface area contributed by atoms with Gasteiger partial charge in [0.2, 0.25) is 5.78 Å². The van der Waals surface area contributed by atoms with E-state index < -0.39 is 24.2 Å². The van der Waals surface area contributed by atoms with E-state index in [9.17, 15) is 14.7 Å². The highest BCUT2D eigenvalue weighted by molar-refractivity contribution is 6.00. The first-order valence-electron chi connectivity index (χ1n) is 5.39. The van der Waals surface area contributed by atoms with Crippen molar-refractivity contribution >= 4 is 29.1 Å². The number of nitrogens with two attached hydrogens (primary N) is 1. The lowest BCUT2D eigenvalue weighted by Gasteiger charge is -2.14. The number of nitrogen functional groups attached to an aromatic ring is 1. The van der Waals surface area contributed by atoms with Gasteiger partial charge in [0.1, 0.15) is 11.8 Å². The Balaban J connectivity index is 2.08. The topological polar surface area (TPSA) is 133 Å². The standard InChI is InChI=1S/C10H9N5O4/c11-8-5-9(13-2-12-8)15(3-14-5)10-7(18)6(17)4(1-16)19-10/h1-4,7,10,18H,(H2,11,12,13)/t4-,7+,10+/m0/s1. The van der Waals surface area contributed by atoms with Crippen molar-refractivity contribution in [3.8, 4) is 0 Å². The second kappa shape index (κ2) is 4.07. The maximum atomic E-state index is 11.5. The summed E-state index contributed by atoms with van der Waals surface area (Å²) in [5, 5.41) is 9.80. The van der Waals surface area contributed by atoms with Gasteiger partial charge in [0.05, 0.1) is 6.33 Å². The zero-order valence-corrected chi connectivity index (χ0v) is 9.50. The fourth-order valence-electron chi connectivity index (χ4n) is 1.97. The summed E-state index contributed by atoms with van der Waals surface area (Å²) in [6, 6.07) is 0. The van der Waals surface area contributed by atoms with Crippen molar-refractivity contribution < 1.29 is 19.4 Å². The van der Waals surface area contributed by atoms with E-state index in [2.05, 4.69) is 15.0 Å². The van der Waals surface area contributed by atoms with Gasteiger partial charge in [0, 0.05) is 0 Å². The number of hydrogen-bond acceptors (Lipinski definition) is 8. The van der Waals surface area contributed by atoms with E-state index in [4.69, 9.17) is 10.5 Å². The van der Waals surface area contributed by atoms with Crippen LogP contribution in [0.2, 0.25) is 0 Å². The first-order chi connectivity index (χ1) is 9.13. The van der Waals surface area contributed by atoms with Gasteiger partial charge in [-0.1, -0.05) is 0 Å². The van der Waals surface area contributed by atoms with E-state index >= 15 is 0 Å². The van der Waals surface area contributed by atoms with E-state index in [1.165, 1.54) is 17.2 Å². The molecule has 1 saturated heterocycles. The van der Waals surface area contributed by atoms with Crippen LogP contribution in [0.5, 0.6) is 0 Å². The van der Waals surface area contributed by atoms with Crippen LogP contribution in [-0.4, -0.2) is 48.9 Å². The van der Waals surface area contributed by atoms with Crippen molar-refractivity contribution in [2.45, 2.75) is 18.4 Å². The van der Waals surface area contributed by atoms with Gasteiger partial charge in [-0.15, -0.1) is 0 Å². The fourth-order valence-corrected chi connectivity index (χ4v) is 1.97. The van der Waals surface area contributed by atoms with Crippen LogP contribution in [0, 0.1) is 0 Å². The number of aliphatic hydroxyl groups excluding tert-OH is 1. The number of rotatable bonds is 2. The number of ether oxygens (including phenoxy) is 1. The molecular formula is C10H9N5O4. The third kappa shape index (κ3) is 1.59. The molecule has 0 aromatic carbocycles. The van der Waals surface area contributed by atoms with Gasteiger partial charge in [-0.25, -0.2) is 15.0 Å². The smallest absolute Gasteiger partial charge is 0.201 e. The highest BCUT2D eigenvalue weighted by Gasteiger charge is 2.44. The van der Waals surface area contributed by atoms with E-state index in [1.54, 1.807) is 0 Å². The van der Waals surface area contributed by atoms with Crippen LogP contribution in [0.25, 0.3) is 11.2 Å². The highest BCUT2D eigenvalue weighted by atomic mass is 16.5. The monoisotopic (exact) mass is 263 g/mol. The number of carbonyl (C=O) groups excluding carboxylic acids is 2. The Morgan fingerprint density at radius 1 is 1.42 bits per heavy atom. The SMILES string of the molecule is Nc1ncnc2c1ncn2[C@@H]1O[C@@H](C=O)C(=O)[C@H]1O. The highest BCUT2D eigenvalue weighted by Crippen LogP contribution is 2.28. The molecule has 0 saturated carbocycles. The number of aldehydes is 1. The lowest BCUT2D eigenvalue weighted by atomic mass is 10.2. The Bertz CT molecular complexity index is 669. The first-order valence-corrected chi connectivity index (χ1v) is 5.39. The molecule has 2 aromatic heterocycles. The summed E-state index contributed by atoms with van der Waals surface area (Å²) in [5.41, 5.74) is 6.28. The van der Waals surface area contributed by atoms with Gasteiger partial charge in [-0.3, -0.25) is 14.2 Å². The van der Waals surface area contributed by atoms with Crippen molar-refractivity contribution in [1.29, 1.82) is 0 Å². The number of aliphatic hydroxyl groups is 1. The van der Waals surface area contributed by atoms with Gasteiger partial charge < -0.3 is 15.6 Å². The molecule has 0 spiro atoms. The average Bonchev–Trinajstić information content (AvgIpc) is 2.94. The Labute approximate surface area is 106 Å². The summed E-state index contributed by atoms with van der Waals surface area (Å²) in [6.07, 6.45) is -0.892. The normalized spacial score (nSPS) is 27.0. The van der Waals surface area contributed by atoms with Crippen LogP contribution in [0.1, 0.15) is 6.23 Å². The number of imidazole rings is 1. The summed E-state index contributed by atoms with van der Waals surface area (Å²) >= 11 is 0. The zero-order valence-electron chi connectivity index (χ0n) is 9.50. The number of Topliss-reactive ketones (excluding diaryl/α,β-unsaturated/α-hetero) is 1. The summed E-state index contributed by atoms with van der Waals surface area (Å²) < 4.78 is 6.53. The number of carbonyl (C=O) groups is 2. The van der Waals surface area contributed by atoms with E-state index in [1.807, 2.05) is 0 Å². The minimum atomic E-state index is -1.45. The molecule has 9 nitrogen and oxygen atoms in total. The van der Waals surface area contributed by atoms with E-state index in [0.717, 1.165) is 0 Å². The molecule has 9 heteroatoms. The molecule has 3 heterocycles. The molecule has 19 heavy (non-hydrogen) atoms. The van der Waals surface area contributed by atoms with Crippen LogP contribution in [0.3, 0.4) is 0 Å². The third-order valence-electron chi connectivity index (χ3n) is 2.91. The quantitative estimate of drug-likeness (QED) is 0.490. The second-order valence-corrected chi connectivity index (χ2v) is 4.01. The molecule has 1 fully saturated rings. The Morgan fingerprint density at radius 3 is 2.89 bits per heavy atom. The molecule has 1 aliphatic heterocycles. The second-order valence-electron chi connectivity index (χ2n) is 4.01. The van der Waals surface area contributed by atoms with Crippen LogP contribution in [0.15, 0.2) is 12.7 Å². The lowest BCUT2D eigenvalue weighted by Crippen LogP contribution is -2.26. The molecule has 0 unspecified atom stereocenters. The molecule has 3 atom stereocenters. The Kier molecular flexibility index (Phi) is 2.50. The van der Waals surface area contributed by atoms with Crippen LogP contribution in [0.4, 0.5) is 5.82 Å². The average molecular weight is 263 g/mol. The molecule has 0 aliphatic carbocycles. The Morgan fingerprint density at radius 2 is 2.21 bits per heavy atom. The van der Waals surface area contributed by atoms with Gasteiger partial charge in [-0.2, -0.15) is 0 Å².